The predicted octanol–water partition coefficient (Wildman–Crippen LogP) is 2.02. The molecule has 0 atom stereocenters. The van der Waals surface area contributed by atoms with Gasteiger partial charge in [-0.05, 0) is 36.2 Å². The molecule has 2 N–H and O–H groups in total. The molecular formula is C20H24N2O6. The molecular weight excluding hydrogens is 364 g/mol. The molecule has 0 bridgehead atoms. The number of anilines is 1. The molecule has 28 heavy (non-hydrogen) atoms. The monoisotopic (exact) mass is 388 g/mol. The minimum Gasteiger partial charge on any atom is -0.497 e. The zero-order chi connectivity index (χ0) is 20.5. The molecule has 0 saturated heterocycles. The summed E-state index contributed by atoms with van der Waals surface area (Å²) in [6, 6.07) is 10.4. The summed E-state index contributed by atoms with van der Waals surface area (Å²) in [6.07, 6.45) is 0.530. The molecule has 0 spiro atoms. The van der Waals surface area contributed by atoms with Gasteiger partial charge in [0.2, 0.25) is 0 Å². The number of benzene rings is 2. The van der Waals surface area contributed by atoms with E-state index in [9.17, 15) is 9.59 Å². The zero-order valence-electron chi connectivity index (χ0n) is 16.3. The van der Waals surface area contributed by atoms with Crippen LogP contribution in [0.4, 0.5) is 5.69 Å². The van der Waals surface area contributed by atoms with Crippen LogP contribution in [0.15, 0.2) is 36.4 Å². The van der Waals surface area contributed by atoms with Gasteiger partial charge in [-0.1, -0.05) is 6.07 Å². The minimum absolute atomic E-state index is 0.289. The summed E-state index contributed by atoms with van der Waals surface area (Å²) in [4.78, 5) is 24.2. The van der Waals surface area contributed by atoms with Gasteiger partial charge in [0.1, 0.15) is 11.5 Å². The molecule has 2 aromatic carbocycles. The molecule has 0 aliphatic rings. The fraction of sp³-hybridized carbons (Fsp3) is 0.300. The summed E-state index contributed by atoms with van der Waals surface area (Å²) in [5.74, 6) is 0.651. The Kier molecular flexibility index (Phi) is 7.50. The third-order valence-corrected chi connectivity index (χ3v) is 4.01. The molecule has 2 aromatic rings. The summed E-state index contributed by atoms with van der Waals surface area (Å²) in [7, 11) is 6.10. The molecule has 8 nitrogen and oxygen atoms in total. The maximum absolute atomic E-state index is 12.2. The van der Waals surface area contributed by atoms with E-state index in [2.05, 4.69) is 10.6 Å². The highest BCUT2D eigenvalue weighted by molar-refractivity contribution is 6.39. The lowest BCUT2D eigenvalue weighted by molar-refractivity contribution is -0.136. The average molecular weight is 388 g/mol. The number of hydrogen-bond donors (Lipinski definition) is 2. The van der Waals surface area contributed by atoms with Crippen LogP contribution in [0, 0.1) is 0 Å². The zero-order valence-corrected chi connectivity index (χ0v) is 16.3. The van der Waals surface area contributed by atoms with Crippen molar-refractivity contribution in [2.24, 2.45) is 0 Å². The fourth-order valence-electron chi connectivity index (χ4n) is 2.53. The number of rotatable bonds is 8. The lowest BCUT2D eigenvalue weighted by Crippen LogP contribution is -2.36. The molecule has 0 heterocycles. The van der Waals surface area contributed by atoms with Crippen molar-refractivity contribution >= 4 is 17.5 Å². The number of methoxy groups -OCH3 is 4. The summed E-state index contributed by atoms with van der Waals surface area (Å²) in [6.45, 7) is 0.289. The van der Waals surface area contributed by atoms with Crippen LogP contribution in [-0.4, -0.2) is 46.8 Å². The molecule has 0 saturated carbocycles. The Hall–Kier alpha value is -3.42. The maximum atomic E-state index is 12.2. The summed E-state index contributed by atoms with van der Waals surface area (Å²) in [5, 5.41) is 5.11. The number of nitrogens with one attached hydrogen (secondary N) is 2. The molecule has 0 aliphatic heterocycles. The van der Waals surface area contributed by atoms with E-state index in [1.807, 2.05) is 12.1 Å². The van der Waals surface area contributed by atoms with Gasteiger partial charge >= 0.3 is 11.8 Å². The first-order valence-electron chi connectivity index (χ1n) is 8.54. The Labute approximate surface area is 163 Å². The molecule has 2 amide bonds. The third kappa shape index (κ3) is 5.29. The van der Waals surface area contributed by atoms with E-state index in [0.29, 0.717) is 35.1 Å². The summed E-state index contributed by atoms with van der Waals surface area (Å²) >= 11 is 0. The Bertz CT molecular complexity index is 837. The first-order valence-corrected chi connectivity index (χ1v) is 8.54. The van der Waals surface area contributed by atoms with E-state index in [1.54, 1.807) is 38.5 Å². The molecule has 0 unspecified atom stereocenters. The van der Waals surface area contributed by atoms with Crippen molar-refractivity contribution in [3.05, 3.63) is 42.0 Å². The van der Waals surface area contributed by atoms with Crippen LogP contribution in [0.1, 0.15) is 5.56 Å². The van der Waals surface area contributed by atoms with Gasteiger partial charge in [-0.15, -0.1) is 0 Å². The van der Waals surface area contributed by atoms with E-state index >= 15 is 0 Å². The SMILES string of the molecule is COc1ccc(OC)c(NC(=O)C(=O)NCCc2ccc(OC)c(OC)c2)c1. The number of hydrogen-bond acceptors (Lipinski definition) is 6. The van der Waals surface area contributed by atoms with Crippen molar-refractivity contribution in [1.82, 2.24) is 5.32 Å². The van der Waals surface area contributed by atoms with E-state index in [1.165, 1.54) is 14.2 Å². The Morgan fingerprint density at radius 2 is 1.46 bits per heavy atom. The van der Waals surface area contributed by atoms with Crippen LogP contribution in [0.2, 0.25) is 0 Å². The number of ether oxygens (including phenoxy) is 4. The largest absolute Gasteiger partial charge is 0.497 e. The molecule has 150 valence electrons. The van der Waals surface area contributed by atoms with Crippen molar-refractivity contribution in [3.63, 3.8) is 0 Å². The predicted molar refractivity (Wildman–Crippen MR) is 104 cm³/mol. The van der Waals surface area contributed by atoms with Gasteiger partial charge in [-0.25, -0.2) is 0 Å². The van der Waals surface area contributed by atoms with E-state index in [0.717, 1.165) is 5.56 Å². The summed E-state index contributed by atoms with van der Waals surface area (Å²) < 4.78 is 20.7. The lowest BCUT2D eigenvalue weighted by Gasteiger charge is -2.12. The van der Waals surface area contributed by atoms with Crippen LogP contribution >= 0.6 is 0 Å². The van der Waals surface area contributed by atoms with Crippen molar-refractivity contribution in [2.45, 2.75) is 6.42 Å². The smallest absolute Gasteiger partial charge is 0.313 e. The quantitative estimate of drug-likeness (QED) is 0.672. The van der Waals surface area contributed by atoms with Crippen molar-refractivity contribution in [1.29, 1.82) is 0 Å². The van der Waals surface area contributed by atoms with Gasteiger partial charge in [0.25, 0.3) is 0 Å². The number of carbonyl (C=O) groups excluding carboxylic acids is 2. The first kappa shape index (κ1) is 20.9. The Morgan fingerprint density at radius 3 is 2.11 bits per heavy atom. The minimum atomic E-state index is -0.793. The Morgan fingerprint density at radius 1 is 0.786 bits per heavy atom. The van der Waals surface area contributed by atoms with Gasteiger partial charge < -0.3 is 29.6 Å². The fourth-order valence-corrected chi connectivity index (χ4v) is 2.53. The molecule has 2 rings (SSSR count). The second-order valence-electron chi connectivity index (χ2n) is 5.72. The van der Waals surface area contributed by atoms with Crippen molar-refractivity contribution in [2.75, 3.05) is 40.3 Å². The highest BCUT2D eigenvalue weighted by Crippen LogP contribution is 2.29. The van der Waals surface area contributed by atoms with Gasteiger partial charge in [-0.2, -0.15) is 0 Å². The van der Waals surface area contributed by atoms with Gasteiger partial charge in [0.05, 0.1) is 34.1 Å². The highest BCUT2D eigenvalue weighted by Gasteiger charge is 2.16. The van der Waals surface area contributed by atoms with Gasteiger partial charge in [0, 0.05) is 12.6 Å². The van der Waals surface area contributed by atoms with E-state index in [4.69, 9.17) is 18.9 Å². The van der Waals surface area contributed by atoms with E-state index < -0.39 is 11.8 Å². The standard InChI is InChI=1S/C20H24N2O6/c1-25-14-6-8-16(26-2)15(12-14)22-20(24)19(23)21-10-9-13-5-7-17(27-3)18(11-13)28-4/h5-8,11-12H,9-10H2,1-4H3,(H,21,23)(H,22,24). The van der Waals surface area contributed by atoms with Crippen molar-refractivity contribution in [3.8, 4) is 23.0 Å². The van der Waals surface area contributed by atoms with Crippen LogP contribution in [0.25, 0.3) is 0 Å². The molecule has 0 fully saturated rings. The third-order valence-electron chi connectivity index (χ3n) is 4.01. The molecule has 0 aromatic heterocycles. The maximum Gasteiger partial charge on any atom is 0.313 e. The second kappa shape index (κ2) is 10.1. The Balaban J connectivity index is 1.92. The van der Waals surface area contributed by atoms with Crippen LogP contribution in [0.3, 0.4) is 0 Å². The van der Waals surface area contributed by atoms with Gasteiger partial charge in [-0.3, -0.25) is 9.59 Å². The topological polar surface area (TPSA) is 95.1 Å². The van der Waals surface area contributed by atoms with E-state index in [-0.39, 0.29) is 6.54 Å². The highest BCUT2D eigenvalue weighted by atomic mass is 16.5. The normalized spacial score (nSPS) is 10.0. The van der Waals surface area contributed by atoms with Crippen LogP contribution in [-0.2, 0) is 16.0 Å². The summed E-state index contributed by atoms with van der Waals surface area (Å²) in [5.41, 5.74) is 1.29. The molecule has 8 heteroatoms. The average Bonchev–Trinajstić information content (AvgIpc) is 2.73. The van der Waals surface area contributed by atoms with Gasteiger partial charge in [0.15, 0.2) is 11.5 Å². The van der Waals surface area contributed by atoms with Crippen LogP contribution < -0.4 is 29.6 Å². The molecule has 0 radical (unpaired) electrons. The number of carbonyl (C=O) groups is 2. The van der Waals surface area contributed by atoms with Crippen molar-refractivity contribution < 1.29 is 28.5 Å². The first-order chi connectivity index (χ1) is 13.5. The second-order valence-corrected chi connectivity index (χ2v) is 5.72. The molecule has 0 aliphatic carbocycles. The van der Waals surface area contributed by atoms with Crippen LogP contribution in [0.5, 0.6) is 23.0 Å². The lowest BCUT2D eigenvalue weighted by atomic mass is 10.1. The number of amides is 2.